The third kappa shape index (κ3) is 8.30. The third-order valence-electron chi connectivity index (χ3n) is 7.71. The van der Waals surface area contributed by atoms with Crippen LogP contribution in [0.5, 0.6) is 0 Å². The van der Waals surface area contributed by atoms with E-state index in [0.29, 0.717) is 6.54 Å². The summed E-state index contributed by atoms with van der Waals surface area (Å²) in [5.74, 6) is 0.152. The highest BCUT2D eigenvalue weighted by molar-refractivity contribution is 7.80. The van der Waals surface area contributed by atoms with Gasteiger partial charge in [0.2, 0.25) is 0 Å². The average Bonchev–Trinajstić information content (AvgIpc) is 3.57. The van der Waals surface area contributed by atoms with E-state index in [9.17, 15) is 26.3 Å². The van der Waals surface area contributed by atoms with Crippen LogP contribution in [-0.2, 0) is 25.4 Å². The number of hydrogen-bond acceptors (Lipinski definition) is 6. The lowest BCUT2D eigenvalue weighted by molar-refractivity contribution is -0.138. The molecule has 0 aliphatic heterocycles. The second-order valence-corrected chi connectivity index (χ2v) is 12.4. The van der Waals surface area contributed by atoms with Crippen LogP contribution in [0.25, 0.3) is 33.2 Å². The van der Waals surface area contributed by atoms with Gasteiger partial charge in [-0.05, 0) is 64.0 Å². The van der Waals surface area contributed by atoms with Crippen LogP contribution in [0.4, 0.5) is 26.3 Å². The van der Waals surface area contributed by atoms with Crippen molar-refractivity contribution in [3.05, 3.63) is 147 Å². The average molecular weight is 771 g/mol. The van der Waals surface area contributed by atoms with Crippen LogP contribution in [0, 0.1) is 0 Å². The van der Waals surface area contributed by atoms with Crippen LogP contribution in [0.15, 0.2) is 109 Å². The smallest absolute Gasteiger partial charge is 0.372 e. The number of nitrogens with one attached hydrogen (secondary N) is 1. The molecule has 0 fully saturated rings. The van der Waals surface area contributed by atoms with E-state index in [1.807, 2.05) is 60.7 Å². The fourth-order valence-electron chi connectivity index (χ4n) is 5.22. The Balaban J connectivity index is 0.000000179. The van der Waals surface area contributed by atoms with Crippen molar-refractivity contribution in [2.45, 2.75) is 25.4 Å². The molecule has 16 heteroatoms. The number of aromatic nitrogens is 6. The van der Waals surface area contributed by atoms with Crippen molar-refractivity contribution < 1.29 is 26.3 Å². The first-order chi connectivity index (χ1) is 24.8. The molecule has 0 aliphatic rings. The highest BCUT2D eigenvalue weighted by Gasteiger charge is 2.35. The lowest BCUT2D eigenvalue weighted by Gasteiger charge is -2.14. The van der Waals surface area contributed by atoms with Crippen LogP contribution in [-0.4, -0.2) is 35.2 Å². The van der Waals surface area contributed by atoms with Crippen LogP contribution >= 0.6 is 35.4 Å². The number of alkyl halides is 6. The summed E-state index contributed by atoms with van der Waals surface area (Å²) in [5, 5.41) is 15.4. The van der Waals surface area contributed by atoms with Crippen LogP contribution in [0.3, 0.4) is 0 Å². The van der Waals surface area contributed by atoms with E-state index < -0.39 is 33.5 Å². The minimum Gasteiger partial charge on any atom is -0.372 e. The van der Waals surface area contributed by atoms with Crippen molar-refractivity contribution in [2.75, 3.05) is 0 Å². The second kappa shape index (κ2) is 15.2. The van der Waals surface area contributed by atoms with Gasteiger partial charge >= 0.3 is 12.4 Å². The Bertz CT molecular complexity index is 2400. The predicted octanol–water partition coefficient (Wildman–Crippen LogP) is 9.98. The van der Waals surface area contributed by atoms with Gasteiger partial charge in [-0.1, -0.05) is 90.0 Å². The molecule has 0 aliphatic carbocycles. The molecule has 3 aromatic heterocycles. The first kappa shape index (κ1) is 36.6. The number of thiocarbonyl (C=S) groups is 1. The van der Waals surface area contributed by atoms with Gasteiger partial charge in [0.25, 0.3) is 0 Å². The second-order valence-electron chi connectivity index (χ2n) is 11.2. The van der Waals surface area contributed by atoms with Gasteiger partial charge in [0.15, 0.2) is 5.82 Å². The van der Waals surface area contributed by atoms with Crippen LogP contribution in [0.2, 0.25) is 10.0 Å². The topological polar surface area (TPSA) is 81.4 Å². The maximum atomic E-state index is 13.1. The Morgan fingerprint density at radius 3 is 1.88 bits per heavy atom. The summed E-state index contributed by atoms with van der Waals surface area (Å²) in [4.78, 5) is 8.87. The number of nitrogens with zero attached hydrogens (tertiary/aromatic N) is 6. The molecule has 1 N–H and O–H groups in total. The van der Waals surface area contributed by atoms with E-state index in [4.69, 9.17) is 35.4 Å². The molecule has 52 heavy (non-hydrogen) atoms. The highest BCUT2D eigenvalue weighted by Crippen LogP contribution is 2.39. The zero-order chi connectivity index (χ0) is 37.0. The van der Waals surface area contributed by atoms with Gasteiger partial charge < -0.3 is 5.32 Å². The SMILES string of the molecule is FC(F)(F)c1cccc(-c2nnnn2Cc2cnc3ccccc3c2)c1Cl.FC(F)(F)c1cccc(C(=S)NCc2cnc3ccccc3c2)c1Cl. The van der Waals surface area contributed by atoms with Crippen molar-refractivity contribution in [3.63, 3.8) is 0 Å². The van der Waals surface area contributed by atoms with E-state index in [0.717, 1.165) is 45.1 Å². The summed E-state index contributed by atoms with van der Waals surface area (Å²) in [6, 6.07) is 26.5. The Morgan fingerprint density at radius 1 is 0.692 bits per heavy atom. The number of halogens is 8. The summed E-state index contributed by atoms with van der Waals surface area (Å²) in [6.07, 6.45) is -5.70. The number of fused-ring (bicyclic) bond motifs is 2. The Labute approximate surface area is 307 Å². The van der Waals surface area contributed by atoms with Crippen molar-refractivity contribution in [1.82, 2.24) is 35.5 Å². The summed E-state index contributed by atoms with van der Waals surface area (Å²) in [6.45, 7) is 0.579. The van der Waals surface area contributed by atoms with E-state index in [1.165, 1.54) is 28.9 Å². The maximum Gasteiger partial charge on any atom is 0.417 e. The fourth-order valence-corrected chi connectivity index (χ4v) is 6.16. The molecule has 0 amide bonds. The molecule has 0 unspecified atom stereocenters. The largest absolute Gasteiger partial charge is 0.417 e. The Kier molecular flexibility index (Phi) is 10.7. The summed E-state index contributed by atoms with van der Waals surface area (Å²) in [7, 11) is 0. The molecule has 0 spiro atoms. The van der Waals surface area contributed by atoms with Crippen molar-refractivity contribution >= 4 is 62.2 Å². The molecule has 0 saturated heterocycles. The third-order valence-corrected chi connectivity index (χ3v) is 8.88. The van der Waals surface area contributed by atoms with Gasteiger partial charge in [-0.15, -0.1) is 5.10 Å². The van der Waals surface area contributed by atoms with Crippen molar-refractivity contribution in [1.29, 1.82) is 0 Å². The summed E-state index contributed by atoms with van der Waals surface area (Å²) < 4.78 is 79.5. The van der Waals surface area contributed by atoms with Crippen LogP contribution < -0.4 is 5.32 Å². The monoisotopic (exact) mass is 769 g/mol. The number of tetrazole rings is 1. The molecular weight excluding hydrogens is 747 g/mol. The van der Waals surface area contributed by atoms with Gasteiger partial charge in [0.1, 0.15) is 4.99 Å². The summed E-state index contributed by atoms with van der Waals surface area (Å²) >= 11 is 17.1. The lowest BCUT2D eigenvalue weighted by atomic mass is 10.1. The quantitative estimate of drug-likeness (QED) is 0.133. The van der Waals surface area contributed by atoms with Gasteiger partial charge in [0.05, 0.1) is 38.8 Å². The molecule has 7 rings (SSSR count). The number of pyridine rings is 2. The van der Waals surface area contributed by atoms with Gasteiger partial charge in [-0.2, -0.15) is 26.3 Å². The Hall–Kier alpha value is -5.18. The Morgan fingerprint density at radius 2 is 1.25 bits per heavy atom. The van der Waals surface area contributed by atoms with E-state index >= 15 is 0 Å². The zero-order valence-electron chi connectivity index (χ0n) is 26.4. The van der Waals surface area contributed by atoms with E-state index in [1.54, 1.807) is 12.4 Å². The molecule has 0 atom stereocenters. The molecule has 7 nitrogen and oxygen atoms in total. The first-order valence-electron chi connectivity index (χ1n) is 15.2. The first-order valence-corrected chi connectivity index (χ1v) is 16.4. The van der Waals surface area contributed by atoms with E-state index in [2.05, 4.69) is 30.8 Å². The number of hydrogen-bond donors (Lipinski definition) is 1. The molecule has 4 aromatic carbocycles. The number of rotatable bonds is 6. The molecule has 0 bridgehead atoms. The molecule has 3 heterocycles. The van der Waals surface area contributed by atoms with Crippen molar-refractivity contribution in [3.8, 4) is 11.4 Å². The minimum absolute atomic E-state index is 0.116. The molecule has 0 radical (unpaired) electrons. The fraction of sp³-hybridized carbons (Fsp3) is 0.111. The lowest BCUT2D eigenvalue weighted by Crippen LogP contribution is -2.23. The maximum absolute atomic E-state index is 13.1. The highest BCUT2D eigenvalue weighted by atomic mass is 35.5. The molecule has 264 valence electrons. The predicted molar refractivity (Wildman–Crippen MR) is 191 cm³/mol. The molecule has 0 saturated carbocycles. The normalized spacial score (nSPS) is 11.7. The number of benzene rings is 4. The van der Waals surface area contributed by atoms with Crippen molar-refractivity contribution in [2.24, 2.45) is 0 Å². The zero-order valence-corrected chi connectivity index (χ0v) is 28.8. The molecular formula is C36H23Cl2F6N7S. The van der Waals surface area contributed by atoms with Gasteiger partial charge in [-0.3, -0.25) is 9.97 Å². The van der Waals surface area contributed by atoms with Gasteiger partial charge in [-0.25, -0.2) is 4.68 Å². The van der Waals surface area contributed by atoms with Gasteiger partial charge in [0, 0.05) is 40.8 Å². The van der Waals surface area contributed by atoms with Crippen LogP contribution in [0.1, 0.15) is 27.8 Å². The van der Waals surface area contributed by atoms with E-state index in [-0.39, 0.29) is 28.5 Å². The summed E-state index contributed by atoms with van der Waals surface area (Å²) in [5.41, 5.74) is 1.83. The minimum atomic E-state index is -4.56. The molecule has 7 aromatic rings. The number of para-hydroxylation sites is 2. The standard InChI is InChI=1S/C18H11ClF3N5.C18H12ClF3N2S/c19-16-13(5-3-6-14(16)18(20,21)22)17-24-25-26-27(17)10-11-8-12-4-1-2-7-15(12)23-9-11;19-16-13(5-3-6-14(16)18(20,21)22)17(25)24-10-11-8-12-4-1-2-7-15(12)23-9-11/h1-9H,10H2;1-9H,10H2,(H,24,25).